The summed E-state index contributed by atoms with van der Waals surface area (Å²) in [5.74, 6) is 16.2. The fraction of sp³-hybridized carbons (Fsp3) is 0.321. The molecule has 0 atom stereocenters. The van der Waals surface area contributed by atoms with Crippen molar-refractivity contribution in [2.24, 2.45) is 0 Å². The van der Waals surface area contributed by atoms with Crippen molar-refractivity contribution in [3.8, 4) is 0 Å². The molecule has 0 radical (unpaired) electrons. The second-order valence-corrected chi connectivity index (χ2v) is 41.2. The van der Waals surface area contributed by atoms with Crippen LogP contribution in [0.15, 0.2) is 146 Å². The van der Waals surface area contributed by atoms with E-state index in [4.69, 9.17) is 0 Å². The molecule has 7 aromatic carbocycles. The molecular weight excluding hydrogens is 846 g/mol. The Morgan fingerprint density at radius 2 is 0.683 bits per heavy atom. The van der Waals surface area contributed by atoms with Gasteiger partial charge in [-0.25, -0.2) is 0 Å². The van der Waals surface area contributed by atoms with Gasteiger partial charge in [-0.2, -0.15) is 0 Å². The second-order valence-electron chi connectivity index (χ2n) is 19.9. The van der Waals surface area contributed by atoms with Crippen LogP contribution in [0.4, 0.5) is 34.1 Å². The molecule has 306 valence electrons. The van der Waals surface area contributed by atoms with Crippen LogP contribution in [0.25, 0.3) is 21.5 Å². The Kier molecular flexibility index (Phi) is 11.8. The third-order valence-electron chi connectivity index (χ3n) is 13.7. The zero-order valence-corrected chi connectivity index (χ0v) is 41.2. The number of rotatable bonds is 10. The maximum atomic E-state index is 2.62. The number of anilines is 6. The normalized spacial score (nSPS) is 15.7. The molecule has 0 N–H and O–H groups in total. The molecule has 7 aromatic rings. The molecular formula is C56H64Ge2N2. The molecule has 2 saturated carbocycles. The Morgan fingerprint density at radius 1 is 0.350 bits per heavy atom. The van der Waals surface area contributed by atoms with Crippen molar-refractivity contribution in [3.05, 3.63) is 157 Å². The molecule has 9 rings (SSSR count). The van der Waals surface area contributed by atoms with Crippen LogP contribution in [0.3, 0.4) is 0 Å². The van der Waals surface area contributed by atoms with E-state index < -0.39 is 26.5 Å². The van der Waals surface area contributed by atoms with E-state index in [-0.39, 0.29) is 0 Å². The van der Waals surface area contributed by atoms with E-state index in [1.807, 2.05) is 0 Å². The number of nitrogens with zero attached hydrogens (tertiary/aromatic N) is 2. The number of hydrogen-bond acceptors (Lipinski definition) is 2. The van der Waals surface area contributed by atoms with Crippen LogP contribution >= 0.6 is 0 Å². The van der Waals surface area contributed by atoms with Crippen LogP contribution in [0.5, 0.6) is 0 Å². The van der Waals surface area contributed by atoms with Crippen molar-refractivity contribution in [2.45, 2.75) is 111 Å². The van der Waals surface area contributed by atoms with Crippen LogP contribution in [0, 0.1) is 0 Å². The van der Waals surface area contributed by atoms with Crippen molar-refractivity contribution in [3.63, 3.8) is 0 Å². The van der Waals surface area contributed by atoms with E-state index in [9.17, 15) is 0 Å². The number of benzene rings is 7. The Balaban J connectivity index is 1.41. The standard InChI is InChI=1S/C56H64Ge2N2/c1-57(2,3)45-29-33-49(34-30-45)59(47-23-15-9-16-24-47)55-51-37-27-44(42-21-13-8-14-22-42)40-54(51)56(52-38-28-43(39-53(52)55)41-19-11-7-12-20-41)60(48-25-17-10-18-26-48)50-35-31-46(32-36-50)58(4,5)6/h9-10,15-18,23-42H,7-8,11-14,19-22H2,1-6H3. The quantitative estimate of drug-likeness (QED) is 0.0766. The monoisotopic (exact) mass is 912 g/mol. The van der Waals surface area contributed by atoms with Crippen molar-refractivity contribution in [1.29, 1.82) is 0 Å². The van der Waals surface area contributed by atoms with Gasteiger partial charge in [0.25, 0.3) is 0 Å². The summed E-state index contributed by atoms with van der Waals surface area (Å²) in [4.78, 5) is 5.19. The first-order valence-electron chi connectivity index (χ1n) is 23.0. The minimum absolute atomic E-state index is 0.590. The van der Waals surface area contributed by atoms with Crippen molar-refractivity contribution in [2.75, 3.05) is 9.80 Å². The summed E-state index contributed by atoms with van der Waals surface area (Å²) in [7, 11) is 0. The molecule has 0 amide bonds. The van der Waals surface area contributed by atoms with Gasteiger partial charge in [0.1, 0.15) is 0 Å². The van der Waals surface area contributed by atoms with E-state index in [1.54, 1.807) is 0 Å². The molecule has 2 fully saturated rings. The summed E-state index contributed by atoms with van der Waals surface area (Å²) in [5.41, 5.74) is 10.4. The Labute approximate surface area is 365 Å². The van der Waals surface area contributed by atoms with Gasteiger partial charge in [-0.05, 0) is 0 Å². The predicted octanol–water partition coefficient (Wildman–Crippen LogP) is 16.1. The van der Waals surface area contributed by atoms with Gasteiger partial charge in [0.2, 0.25) is 0 Å². The Bertz CT molecular complexity index is 2370. The summed E-state index contributed by atoms with van der Waals surface area (Å²) in [5, 5.41) is 5.27. The van der Waals surface area contributed by atoms with Gasteiger partial charge in [-0.3, -0.25) is 0 Å². The van der Waals surface area contributed by atoms with E-state index in [0.29, 0.717) is 11.8 Å². The molecule has 4 heteroatoms. The van der Waals surface area contributed by atoms with Gasteiger partial charge in [-0.1, -0.05) is 12.8 Å². The van der Waals surface area contributed by atoms with Gasteiger partial charge in [0.15, 0.2) is 0 Å². The zero-order chi connectivity index (χ0) is 41.4. The molecule has 0 unspecified atom stereocenters. The summed E-state index contributed by atoms with van der Waals surface area (Å²) in [6.45, 7) is 0. The predicted molar refractivity (Wildman–Crippen MR) is 268 cm³/mol. The molecule has 0 heterocycles. The van der Waals surface area contributed by atoms with Crippen LogP contribution in [0.1, 0.15) is 87.2 Å². The zero-order valence-electron chi connectivity index (χ0n) is 37.0. The van der Waals surface area contributed by atoms with Crippen LogP contribution in [0.2, 0.25) is 34.5 Å². The van der Waals surface area contributed by atoms with Crippen molar-refractivity contribution < 1.29 is 0 Å². The SMILES string of the molecule is [CH3][Ge]([CH3])([CH3])[c]1ccc(N(c2ccccc2)c2c3ccc(C4CCCCC4)cc3c(N(c3ccccc3)c3cc[c]([Ge]([CH3])([CH3])[CH3])cc3)c3ccc(C4CCCCC4)cc23)cc1. The summed E-state index contributed by atoms with van der Waals surface area (Å²) >= 11 is -4.11. The van der Waals surface area contributed by atoms with Gasteiger partial charge < -0.3 is 0 Å². The number of para-hydroxylation sites is 2. The molecule has 2 nitrogen and oxygen atoms in total. The van der Waals surface area contributed by atoms with Crippen LogP contribution in [-0.4, -0.2) is 26.5 Å². The molecule has 0 saturated heterocycles. The van der Waals surface area contributed by atoms with E-state index in [0.717, 1.165) is 0 Å². The van der Waals surface area contributed by atoms with Crippen molar-refractivity contribution in [1.82, 2.24) is 0 Å². The van der Waals surface area contributed by atoms with Crippen molar-refractivity contribution >= 4 is 91.0 Å². The molecule has 2 aliphatic rings. The number of fused-ring (bicyclic) bond motifs is 2. The average Bonchev–Trinajstić information content (AvgIpc) is 3.28. The number of hydrogen-bond donors (Lipinski definition) is 0. The van der Waals surface area contributed by atoms with E-state index in [1.165, 1.54) is 140 Å². The molecule has 0 spiro atoms. The minimum atomic E-state index is -2.06. The fourth-order valence-corrected chi connectivity index (χ4v) is 15.2. The molecule has 0 bridgehead atoms. The van der Waals surface area contributed by atoms with E-state index >= 15 is 0 Å². The third-order valence-corrected chi connectivity index (χ3v) is 22.4. The molecule has 0 aromatic heterocycles. The summed E-state index contributed by atoms with van der Waals surface area (Å²) < 4.78 is 3.07. The average molecular weight is 910 g/mol. The fourth-order valence-electron chi connectivity index (χ4n) is 10.3. The van der Waals surface area contributed by atoms with Gasteiger partial charge in [0, 0.05) is 0 Å². The van der Waals surface area contributed by atoms with Crippen LogP contribution < -0.4 is 18.6 Å². The summed E-state index contributed by atoms with van der Waals surface area (Å²) in [6.07, 6.45) is 13.1. The molecule has 0 aliphatic heterocycles. The second kappa shape index (κ2) is 17.3. The first-order valence-corrected chi connectivity index (χ1v) is 37.7. The third kappa shape index (κ3) is 8.36. The van der Waals surface area contributed by atoms with Gasteiger partial charge in [0.05, 0.1) is 0 Å². The Hall–Kier alpha value is -4.25. The topological polar surface area (TPSA) is 6.48 Å². The summed E-state index contributed by atoms with van der Waals surface area (Å²) in [6, 6.07) is 57.0. The van der Waals surface area contributed by atoms with Gasteiger partial charge in [-0.15, -0.1) is 0 Å². The van der Waals surface area contributed by atoms with E-state index in [2.05, 4.69) is 190 Å². The first-order chi connectivity index (χ1) is 29.0. The maximum absolute atomic E-state index is 2.62. The van der Waals surface area contributed by atoms with Crippen LogP contribution in [-0.2, 0) is 0 Å². The first kappa shape index (κ1) is 41.1. The molecule has 60 heavy (non-hydrogen) atoms. The molecule has 2 aliphatic carbocycles. The van der Waals surface area contributed by atoms with Gasteiger partial charge >= 0.3 is 355 Å². The Morgan fingerprint density at radius 3 is 1.02 bits per heavy atom.